The van der Waals surface area contributed by atoms with E-state index in [9.17, 15) is 24.0 Å². The second kappa shape index (κ2) is 15.5. The zero-order valence-electron chi connectivity index (χ0n) is 18.0. The summed E-state index contributed by atoms with van der Waals surface area (Å²) in [4.78, 5) is 57.9. The Balaban J connectivity index is 2.55. The van der Waals surface area contributed by atoms with E-state index >= 15 is 0 Å². The van der Waals surface area contributed by atoms with Crippen LogP contribution in [0.25, 0.3) is 0 Å². The minimum atomic E-state index is -1.30. The van der Waals surface area contributed by atoms with Crippen molar-refractivity contribution in [1.82, 2.24) is 16.0 Å². The topological polar surface area (TPSA) is 197 Å². The molecule has 0 bridgehead atoms. The van der Waals surface area contributed by atoms with Gasteiger partial charge in [0.15, 0.2) is 5.75 Å². The first-order valence-corrected chi connectivity index (χ1v) is 12.0. The van der Waals surface area contributed by atoms with Crippen molar-refractivity contribution in [2.24, 2.45) is 5.73 Å². The number of carbonyl (C=O) groups excluding carboxylic acids is 3. The monoisotopic (exact) mass is 572 g/mol. The highest BCUT2D eigenvalue weighted by Crippen LogP contribution is 2.35. The van der Waals surface area contributed by atoms with Gasteiger partial charge >= 0.3 is 11.9 Å². The molecule has 16 heteroatoms. The van der Waals surface area contributed by atoms with Crippen molar-refractivity contribution in [1.29, 1.82) is 0 Å². The van der Waals surface area contributed by atoms with Crippen LogP contribution in [0.2, 0.25) is 15.1 Å². The van der Waals surface area contributed by atoms with Gasteiger partial charge in [-0.1, -0.05) is 46.6 Å². The zero-order valence-corrected chi connectivity index (χ0v) is 21.1. The van der Waals surface area contributed by atoms with E-state index in [1.54, 1.807) is 0 Å². The van der Waals surface area contributed by atoms with Gasteiger partial charge in [-0.25, -0.2) is 0 Å². The molecule has 7 N–H and O–H groups in total. The highest BCUT2D eigenvalue weighted by atomic mass is 35.5. The molecule has 0 radical (unpaired) electrons. The molecule has 35 heavy (non-hydrogen) atoms. The van der Waals surface area contributed by atoms with Crippen molar-refractivity contribution in [2.75, 3.05) is 25.4 Å². The molecule has 12 nitrogen and oxygen atoms in total. The number of nitrogens with one attached hydrogen (secondary N) is 3. The lowest BCUT2D eigenvalue weighted by Gasteiger charge is -2.18. The number of carboxylic acid groups (broad SMARTS) is 2. The van der Waals surface area contributed by atoms with Crippen LogP contribution in [0.5, 0.6) is 5.75 Å². The molecule has 1 rings (SSSR count). The Morgan fingerprint density at radius 1 is 1.06 bits per heavy atom. The van der Waals surface area contributed by atoms with Gasteiger partial charge in [0, 0.05) is 17.2 Å². The van der Waals surface area contributed by atoms with Crippen molar-refractivity contribution in [3.8, 4) is 5.75 Å². The summed E-state index contributed by atoms with van der Waals surface area (Å²) in [5, 5.41) is 24.6. The molecule has 0 saturated carbocycles. The van der Waals surface area contributed by atoms with E-state index in [-0.39, 0.29) is 47.5 Å². The molecule has 0 fully saturated rings. The maximum atomic E-state index is 12.2. The van der Waals surface area contributed by atoms with Crippen molar-refractivity contribution in [3.63, 3.8) is 0 Å². The summed E-state index contributed by atoms with van der Waals surface area (Å²) < 4.78 is 5.43. The molecular weight excluding hydrogens is 551 g/mol. The number of nitrogens with two attached hydrogens (primary N) is 1. The van der Waals surface area contributed by atoms with Crippen LogP contribution < -0.4 is 26.4 Å². The average molecular weight is 574 g/mol. The molecule has 2 atom stereocenters. The van der Waals surface area contributed by atoms with E-state index in [1.807, 2.05) is 0 Å². The summed E-state index contributed by atoms with van der Waals surface area (Å²) in [6.45, 7) is -0.633. The quantitative estimate of drug-likeness (QED) is 0.177. The van der Waals surface area contributed by atoms with Gasteiger partial charge in [0.2, 0.25) is 11.8 Å². The first-order valence-electron chi connectivity index (χ1n) is 9.86. The lowest BCUT2D eigenvalue weighted by atomic mass is 10.1. The Labute approximate surface area is 219 Å². The van der Waals surface area contributed by atoms with Gasteiger partial charge in [0.1, 0.15) is 25.2 Å². The maximum Gasteiger partial charge on any atom is 0.322 e. The number of halogens is 3. The Morgan fingerprint density at radius 2 is 1.69 bits per heavy atom. The fraction of sp³-hybridized carbons (Fsp3) is 0.421. The van der Waals surface area contributed by atoms with Crippen LogP contribution in [0.1, 0.15) is 12.8 Å². The third-order valence-corrected chi connectivity index (χ3v) is 5.71. The first-order chi connectivity index (χ1) is 16.4. The largest absolute Gasteiger partial charge is 0.489 e. The van der Waals surface area contributed by atoms with Gasteiger partial charge < -0.3 is 36.6 Å². The smallest absolute Gasteiger partial charge is 0.322 e. The van der Waals surface area contributed by atoms with E-state index in [0.29, 0.717) is 16.8 Å². The summed E-state index contributed by atoms with van der Waals surface area (Å²) >= 11 is 18.5. The predicted molar refractivity (Wildman–Crippen MR) is 130 cm³/mol. The van der Waals surface area contributed by atoms with Crippen LogP contribution in [0, 0.1) is 0 Å². The van der Waals surface area contributed by atoms with Crippen LogP contribution in [0.15, 0.2) is 12.1 Å². The molecule has 0 aliphatic heterocycles. The summed E-state index contributed by atoms with van der Waals surface area (Å²) in [6, 6.07) is 0.359. The van der Waals surface area contributed by atoms with Crippen molar-refractivity contribution < 1.29 is 38.9 Å². The van der Waals surface area contributed by atoms with Gasteiger partial charge in [-0.3, -0.25) is 24.0 Å². The van der Waals surface area contributed by atoms with Gasteiger partial charge in [0.25, 0.3) is 5.24 Å². The third kappa shape index (κ3) is 12.2. The minimum absolute atomic E-state index is 0.0104. The average Bonchev–Trinajstić information content (AvgIpc) is 2.77. The van der Waals surface area contributed by atoms with Gasteiger partial charge in [-0.15, -0.1) is 0 Å². The van der Waals surface area contributed by atoms with Crippen LogP contribution >= 0.6 is 46.6 Å². The number of thioether (sulfide) groups is 1. The van der Waals surface area contributed by atoms with Crippen LogP contribution in [0.3, 0.4) is 0 Å². The Morgan fingerprint density at radius 3 is 2.26 bits per heavy atom. The number of hydrogen-bond donors (Lipinski definition) is 6. The first kappa shape index (κ1) is 30.6. The van der Waals surface area contributed by atoms with E-state index in [1.165, 1.54) is 12.1 Å². The zero-order chi connectivity index (χ0) is 26.5. The molecule has 0 unspecified atom stereocenters. The minimum Gasteiger partial charge on any atom is -0.489 e. The molecule has 0 heterocycles. The molecule has 0 spiro atoms. The molecule has 0 aromatic heterocycles. The van der Waals surface area contributed by atoms with Crippen molar-refractivity contribution >= 4 is 75.6 Å². The van der Waals surface area contributed by atoms with Gasteiger partial charge in [-0.05, 0) is 18.6 Å². The number of carbonyl (C=O) groups is 5. The lowest BCUT2D eigenvalue weighted by Crippen LogP contribution is -2.49. The molecule has 0 saturated heterocycles. The standard InChI is InChI=1S/C19H23Cl3N4O8S/c20-9-5-10(21)16(11(22)6-9)34-4-3-24-19(33)35-8-13(17(30)25-7-15(28)29)26-14(27)2-1-12(23)18(31)32/h5-6,12-13H,1-4,7-8,23H2,(H,24,33)(H,25,30)(H,26,27)(H,28,29)(H,31,32)/t12-,13-/m0/s1. The summed E-state index contributed by atoms with van der Waals surface area (Å²) in [6.07, 6.45) is -0.472. The fourth-order valence-electron chi connectivity index (χ4n) is 2.33. The molecule has 1 aromatic rings. The van der Waals surface area contributed by atoms with Crippen molar-refractivity contribution in [3.05, 3.63) is 27.2 Å². The number of hydrogen-bond acceptors (Lipinski definition) is 8. The van der Waals surface area contributed by atoms with E-state index < -0.39 is 47.6 Å². The number of ether oxygens (including phenoxy) is 1. The predicted octanol–water partition coefficient (Wildman–Crippen LogP) is 1.35. The number of carboxylic acids is 2. The SMILES string of the molecule is N[C@@H](CCC(=O)N[C@@H](CSC(=O)NCCOc1c(Cl)cc(Cl)cc1Cl)C(=O)NCC(=O)O)C(=O)O. The van der Waals surface area contributed by atoms with E-state index in [0.717, 1.165) is 0 Å². The highest BCUT2D eigenvalue weighted by molar-refractivity contribution is 8.13. The summed E-state index contributed by atoms with van der Waals surface area (Å²) in [5.41, 5.74) is 5.34. The number of aliphatic carboxylic acids is 2. The van der Waals surface area contributed by atoms with E-state index in [4.69, 9.17) is 55.5 Å². The molecular formula is C19H23Cl3N4O8S. The molecule has 1 aromatic carbocycles. The van der Waals surface area contributed by atoms with Crippen LogP contribution in [-0.2, 0) is 19.2 Å². The highest BCUT2D eigenvalue weighted by Gasteiger charge is 2.23. The molecule has 3 amide bonds. The summed E-state index contributed by atoms with van der Waals surface area (Å²) in [5.74, 6) is -4.15. The Bertz CT molecular complexity index is 930. The molecule has 0 aliphatic rings. The third-order valence-electron chi connectivity index (χ3n) is 4.03. The van der Waals surface area contributed by atoms with Gasteiger partial charge in [0.05, 0.1) is 16.6 Å². The molecule has 194 valence electrons. The van der Waals surface area contributed by atoms with Crippen molar-refractivity contribution in [2.45, 2.75) is 24.9 Å². The maximum absolute atomic E-state index is 12.2. The Kier molecular flexibility index (Phi) is 13.6. The number of benzene rings is 1. The van der Waals surface area contributed by atoms with Gasteiger partial charge in [-0.2, -0.15) is 0 Å². The number of amides is 3. The second-order valence-corrected chi connectivity index (χ2v) is 9.03. The Hall–Kier alpha value is -2.45. The van der Waals surface area contributed by atoms with Crippen LogP contribution in [0.4, 0.5) is 4.79 Å². The fourth-order valence-corrected chi connectivity index (χ4v) is 4.01. The second-order valence-electron chi connectivity index (χ2n) is 6.79. The number of rotatable bonds is 14. The summed E-state index contributed by atoms with van der Waals surface area (Å²) in [7, 11) is 0. The normalized spacial score (nSPS) is 12.2. The van der Waals surface area contributed by atoms with Crippen LogP contribution in [-0.4, -0.2) is 76.7 Å². The van der Waals surface area contributed by atoms with E-state index in [2.05, 4.69) is 16.0 Å². The molecule has 0 aliphatic carbocycles. The lowest BCUT2D eigenvalue weighted by molar-refractivity contribution is -0.139.